The fourth-order valence-electron chi connectivity index (χ4n) is 0.483. The molecule has 0 radical (unpaired) electrons. The first-order valence-corrected chi connectivity index (χ1v) is 5.42. The zero-order chi connectivity index (χ0) is 9.07. The maximum absolute atomic E-state index is 10.6. The molecule has 0 spiro atoms. The van der Waals surface area contributed by atoms with E-state index in [0.29, 0.717) is 12.5 Å². The van der Waals surface area contributed by atoms with Gasteiger partial charge in [0.05, 0.1) is 6.26 Å². The summed E-state index contributed by atoms with van der Waals surface area (Å²) in [5.74, 6) is 0.296. The Kier molecular flexibility index (Phi) is 3.99. The molecule has 4 nitrogen and oxygen atoms in total. The average Bonchev–Trinajstić information content (AvgIpc) is 1.80. The fourth-order valence-corrected chi connectivity index (χ4v) is 0.979. The van der Waals surface area contributed by atoms with Gasteiger partial charge in [-0.2, -0.15) is 0 Å². The van der Waals surface area contributed by atoms with E-state index in [1.165, 1.54) is 0 Å². The van der Waals surface area contributed by atoms with E-state index in [1.807, 2.05) is 13.8 Å². The molecule has 3 N–H and O–H groups in total. The molecule has 0 fully saturated rings. The third-order valence-electron chi connectivity index (χ3n) is 1.44. The molecule has 68 valence electrons. The predicted molar refractivity (Wildman–Crippen MR) is 45.7 cm³/mol. The topological polar surface area (TPSA) is 72.2 Å². The van der Waals surface area contributed by atoms with Gasteiger partial charge >= 0.3 is 0 Å². The second-order valence-electron chi connectivity index (χ2n) is 3.03. The van der Waals surface area contributed by atoms with Crippen LogP contribution in [0.3, 0.4) is 0 Å². The van der Waals surface area contributed by atoms with E-state index in [-0.39, 0.29) is 6.04 Å². The minimum Gasteiger partial charge on any atom is -0.326 e. The van der Waals surface area contributed by atoms with Crippen molar-refractivity contribution in [3.05, 3.63) is 0 Å². The van der Waals surface area contributed by atoms with Gasteiger partial charge in [0, 0.05) is 12.6 Å². The van der Waals surface area contributed by atoms with Crippen molar-refractivity contribution in [1.29, 1.82) is 0 Å². The number of nitrogens with one attached hydrogen (secondary N) is 1. The van der Waals surface area contributed by atoms with Crippen molar-refractivity contribution in [2.24, 2.45) is 11.7 Å². The highest BCUT2D eigenvalue weighted by Crippen LogP contribution is 1.96. The molecule has 0 aromatic carbocycles. The third-order valence-corrected chi connectivity index (χ3v) is 2.13. The lowest BCUT2D eigenvalue weighted by molar-refractivity contribution is 0.482. The predicted octanol–water partition coefficient (Wildman–Crippen LogP) is -0.481. The average molecular weight is 180 g/mol. The van der Waals surface area contributed by atoms with Crippen LogP contribution >= 0.6 is 0 Å². The summed E-state index contributed by atoms with van der Waals surface area (Å²) in [6, 6.07) is -0.107. The molecule has 0 aliphatic carbocycles. The molecule has 0 bridgehead atoms. The van der Waals surface area contributed by atoms with Gasteiger partial charge in [-0.1, -0.05) is 13.8 Å². The van der Waals surface area contributed by atoms with Gasteiger partial charge in [0.15, 0.2) is 0 Å². The molecule has 0 rings (SSSR count). The summed E-state index contributed by atoms with van der Waals surface area (Å²) in [5, 5.41) is 0. The quantitative estimate of drug-likeness (QED) is 0.613. The van der Waals surface area contributed by atoms with Crippen LogP contribution in [-0.2, 0) is 10.0 Å². The summed E-state index contributed by atoms with van der Waals surface area (Å²) in [7, 11) is -3.08. The molecule has 1 atom stereocenters. The molecular formula is C6H16N2O2S. The summed E-state index contributed by atoms with van der Waals surface area (Å²) >= 11 is 0. The van der Waals surface area contributed by atoms with Crippen molar-refractivity contribution >= 4 is 10.0 Å². The smallest absolute Gasteiger partial charge is 0.208 e. The lowest BCUT2D eigenvalue weighted by Gasteiger charge is -2.14. The summed E-state index contributed by atoms with van der Waals surface area (Å²) < 4.78 is 23.5. The van der Waals surface area contributed by atoms with Crippen LogP contribution in [0, 0.1) is 5.92 Å². The fraction of sp³-hybridized carbons (Fsp3) is 1.00. The summed E-state index contributed by atoms with van der Waals surface area (Å²) in [5.41, 5.74) is 5.60. The SMILES string of the molecule is CC(C)C(N)CNS(C)(=O)=O. The van der Waals surface area contributed by atoms with Crippen LogP contribution in [0.5, 0.6) is 0 Å². The van der Waals surface area contributed by atoms with E-state index < -0.39 is 10.0 Å². The second kappa shape index (κ2) is 4.04. The van der Waals surface area contributed by atoms with Crippen LogP contribution in [0.15, 0.2) is 0 Å². The minimum atomic E-state index is -3.08. The van der Waals surface area contributed by atoms with Gasteiger partial charge in [-0.25, -0.2) is 13.1 Å². The Balaban J connectivity index is 3.72. The van der Waals surface area contributed by atoms with Crippen molar-refractivity contribution in [1.82, 2.24) is 4.72 Å². The van der Waals surface area contributed by atoms with E-state index in [2.05, 4.69) is 4.72 Å². The van der Waals surface area contributed by atoms with Gasteiger partial charge in [-0.3, -0.25) is 0 Å². The second-order valence-corrected chi connectivity index (χ2v) is 4.86. The lowest BCUT2D eigenvalue weighted by Crippen LogP contribution is -2.39. The standard InChI is InChI=1S/C6H16N2O2S/c1-5(2)6(7)4-8-11(3,9)10/h5-6,8H,4,7H2,1-3H3. The van der Waals surface area contributed by atoms with Crippen LogP contribution in [0.4, 0.5) is 0 Å². The van der Waals surface area contributed by atoms with Crippen molar-refractivity contribution in [3.8, 4) is 0 Å². The summed E-state index contributed by atoms with van der Waals surface area (Å²) in [6.45, 7) is 4.22. The molecule has 1 unspecified atom stereocenters. The number of nitrogens with two attached hydrogens (primary N) is 1. The molecule has 5 heteroatoms. The van der Waals surface area contributed by atoms with E-state index in [0.717, 1.165) is 6.26 Å². The molecule has 0 saturated heterocycles. The Morgan fingerprint density at radius 1 is 1.45 bits per heavy atom. The van der Waals surface area contributed by atoms with Gasteiger partial charge in [0.1, 0.15) is 0 Å². The largest absolute Gasteiger partial charge is 0.326 e. The molecule has 0 aromatic heterocycles. The van der Waals surface area contributed by atoms with Crippen molar-refractivity contribution in [2.45, 2.75) is 19.9 Å². The Bertz CT molecular complexity index is 199. The molecule has 0 heterocycles. The van der Waals surface area contributed by atoms with E-state index in [9.17, 15) is 8.42 Å². The Morgan fingerprint density at radius 2 is 1.91 bits per heavy atom. The lowest BCUT2D eigenvalue weighted by atomic mass is 10.1. The van der Waals surface area contributed by atoms with Gasteiger partial charge in [0.25, 0.3) is 0 Å². The highest BCUT2D eigenvalue weighted by Gasteiger charge is 2.09. The summed E-state index contributed by atoms with van der Waals surface area (Å²) in [6.07, 6.45) is 1.13. The Morgan fingerprint density at radius 3 is 2.18 bits per heavy atom. The first-order chi connectivity index (χ1) is 4.83. The maximum Gasteiger partial charge on any atom is 0.208 e. The zero-order valence-corrected chi connectivity index (χ0v) is 7.98. The molecule has 0 amide bonds. The van der Waals surface area contributed by atoms with Crippen molar-refractivity contribution in [3.63, 3.8) is 0 Å². The van der Waals surface area contributed by atoms with E-state index >= 15 is 0 Å². The monoisotopic (exact) mass is 180 g/mol. The number of hydrogen-bond acceptors (Lipinski definition) is 3. The molecular weight excluding hydrogens is 164 g/mol. The molecule has 0 aliphatic rings. The Hall–Kier alpha value is -0.130. The van der Waals surface area contributed by atoms with Crippen LogP contribution in [0.1, 0.15) is 13.8 Å². The van der Waals surface area contributed by atoms with Crippen LogP contribution in [-0.4, -0.2) is 27.3 Å². The number of rotatable bonds is 4. The van der Waals surface area contributed by atoms with Crippen molar-refractivity contribution in [2.75, 3.05) is 12.8 Å². The number of sulfonamides is 1. The normalized spacial score (nSPS) is 15.4. The maximum atomic E-state index is 10.6. The molecule has 0 saturated carbocycles. The molecule has 0 aliphatic heterocycles. The number of hydrogen-bond donors (Lipinski definition) is 2. The van der Waals surface area contributed by atoms with E-state index in [1.54, 1.807) is 0 Å². The van der Waals surface area contributed by atoms with Gasteiger partial charge in [-0.15, -0.1) is 0 Å². The first kappa shape index (κ1) is 10.9. The zero-order valence-electron chi connectivity index (χ0n) is 7.16. The Labute approximate surface area is 68.2 Å². The molecule has 0 aromatic rings. The van der Waals surface area contributed by atoms with Gasteiger partial charge in [-0.05, 0) is 5.92 Å². The molecule has 11 heavy (non-hydrogen) atoms. The highest BCUT2D eigenvalue weighted by atomic mass is 32.2. The summed E-state index contributed by atoms with van der Waals surface area (Å²) in [4.78, 5) is 0. The first-order valence-electron chi connectivity index (χ1n) is 3.53. The minimum absolute atomic E-state index is 0.107. The van der Waals surface area contributed by atoms with Crippen LogP contribution < -0.4 is 10.5 Å². The highest BCUT2D eigenvalue weighted by molar-refractivity contribution is 7.88. The van der Waals surface area contributed by atoms with E-state index in [4.69, 9.17) is 5.73 Å². The van der Waals surface area contributed by atoms with Gasteiger partial charge in [0.2, 0.25) is 10.0 Å². The third kappa shape index (κ3) is 6.28. The van der Waals surface area contributed by atoms with Crippen LogP contribution in [0.2, 0.25) is 0 Å². The van der Waals surface area contributed by atoms with Crippen LogP contribution in [0.25, 0.3) is 0 Å². The van der Waals surface area contributed by atoms with Crippen molar-refractivity contribution < 1.29 is 8.42 Å². The van der Waals surface area contributed by atoms with Gasteiger partial charge < -0.3 is 5.73 Å².